The Balaban J connectivity index is 1.67. The number of rotatable bonds is 9. The SMILES string of the molecule is CCC(/C=C(\C=C/N)C[N+](=Cc1cn2c3c(c(F)c(F)cc3c1=O)OCC2C)[C@H]1CCCN(c2ccc(N)nc2)C1[Si])OC. The lowest BCUT2D eigenvalue weighted by atomic mass is 10.0. The van der Waals surface area contributed by atoms with Gasteiger partial charge in [-0.3, -0.25) is 4.79 Å². The minimum atomic E-state index is -1.12. The average Bonchev–Trinajstić information content (AvgIpc) is 3.01. The fourth-order valence-corrected chi connectivity index (χ4v) is 6.65. The van der Waals surface area contributed by atoms with Gasteiger partial charge in [0.05, 0.1) is 50.8 Å². The van der Waals surface area contributed by atoms with Gasteiger partial charge in [-0.1, -0.05) is 6.92 Å². The second-order valence-corrected chi connectivity index (χ2v) is 11.8. The number of nitrogen functional groups attached to an aromatic ring is 1. The number of nitrogens with zero attached hydrogens (tertiary/aromatic N) is 4. The van der Waals surface area contributed by atoms with Crippen LogP contribution in [0.3, 0.4) is 0 Å². The molecule has 231 valence electrons. The van der Waals surface area contributed by atoms with Gasteiger partial charge in [0.15, 0.2) is 30.4 Å². The van der Waals surface area contributed by atoms with E-state index in [2.05, 4.69) is 24.7 Å². The highest BCUT2D eigenvalue weighted by atomic mass is 28.1. The van der Waals surface area contributed by atoms with Crippen LogP contribution in [0.25, 0.3) is 10.9 Å². The Morgan fingerprint density at radius 2 is 2.16 bits per heavy atom. The molecule has 0 bridgehead atoms. The molecular weight excluding hydrogens is 582 g/mol. The normalized spacial score (nSPS) is 21.6. The Hall–Kier alpha value is -4.03. The van der Waals surface area contributed by atoms with Crippen LogP contribution >= 0.6 is 0 Å². The van der Waals surface area contributed by atoms with Crippen molar-refractivity contribution >= 4 is 38.9 Å². The number of nitrogens with two attached hydrogens (primary N) is 2. The van der Waals surface area contributed by atoms with Crippen molar-refractivity contribution in [2.75, 3.05) is 37.4 Å². The number of aromatic nitrogens is 2. The molecular formula is C32H38F2N6O3Si+. The molecule has 2 aromatic heterocycles. The highest BCUT2D eigenvalue weighted by Crippen LogP contribution is 2.35. The van der Waals surface area contributed by atoms with E-state index in [0.717, 1.165) is 43.1 Å². The van der Waals surface area contributed by atoms with Crippen molar-refractivity contribution in [3.05, 3.63) is 81.9 Å². The molecule has 3 radical (unpaired) electrons. The number of anilines is 2. The predicted octanol–water partition coefficient (Wildman–Crippen LogP) is 3.63. The van der Waals surface area contributed by atoms with E-state index in [0.29, 0.717) is 17.9 Å². The van der Waals surface area contributed by atoms with Crippen LogP contribution < -0.4 is 26.5 Å². The first-order valence-electron chi connectivity index (χ1n) is 14.8. The zero-order valence-corrected chi connectivity index (χ0v) is 26.2. The lowest BCUT2D eigenvalue weighted by molar-refractivity contribution is -0.556. The summed E-state index contributed by atoms with van der Waals surface area (Å²) < 4.78 is 44.4. The number of benzene rings is 1. The van der Waals surface area contributed by atoms with Crippen molar-refractivity contribution < 1.29 is 22.8 Å². The zero-order valence-electron chi connectivity index (χ0n) is 25.2. The summed E-state index contributed by atoms with van der Waals surface area (Å²) in [6.45, 7) is 5.30. The van der Waals surface area contributed by atoms with Gasteiger partial charge in [0.25, 0.3) is 0 Å². The van der Waals surface area contributed by atoms with Crippen molar-refractivity contribution in [2.45, 2.75) is 57.0 Å². The molecule has 0 amide bonds. The largest absolute Gasteiger partial charge is 0.486 e. The van der Waals surface area contributed by atoms with Crippen LogP contribution in [0.1, 0.15) is 44.7 Å². The standard InChI is InChI=1S/C32H38F2N6O3Si/c1-4-23(42-3)12-20(9-10-35)15-38(26-6-5-11-39(32(26)44)22-7-8-27(36)37-14-22)16-21-17-40-19(2)18-43-31-28(34)25(33)13-24(29(31)40)30(21)41/h7-10,12-14,16-17,19,23,26,32H,4-6,11,15,18,35H2,1-3H3,(H2,36,37)/q+1/b10-9-,20-12+/t19?,23?,26-,32?/m0/s1. The molecule has 0 saturated carbocycles. The molecule has 1 saturated heterocycles. The van der Waals surface area contributed by atoms with E-state index >= 15 is 0 Å². The minimum Gasteiger partial charge on any atom is -0.486 e. The number of piperidine rings is 1. The molecule has 1 aromatic carbocycles. The number of hydrogen-bond acceptors (Lipinski definition) is 7. The third kappa shape index (κ3) is 6.13. The summed E-state index contributed by atoms with van der Waals surface area (Å²) in [5.41, 5.74) is 13.6. The Bertz CT molecular complexity index is 1670. The highest BCUT2D eigenvalue weighted by Gasteiger charge is 2.36. The van der Waals surface area contributed by atoms with Crippen molar-refractivity contribution in [3.8, 4) is 5.75 Å². The van der Waals surface area contributed by atoms with Gasteiger partial charge in [-0.15, -0.1) is 0 Å². The first kappa shape index (κ1) is 31.4. The average molecular weight is 621 g/mol. The summed E-state index contributed by atoms with van der Waals surface area (Å²) in [6, 6.07) is 4.37. The quantitative estimate of drug-likeness (QED) is 0.163. The summed E-state index contributed by atoms with van der Waals surface area (Å²) in [6.07, 6.45) is 13.0. The maximum Gasteiger partial charge on any atom is 0.202 e. The lowest BCUT2D eigenvalue weighted by Gasteiger charge is -2.39. The van der Waals surface area contributed by atoms with Gasteiger partial charge in [-0.2, -0.15) is 4.39 Å². The summed E-state index contributed by atoms with van der Waals surface area (Å²) in [5.74, 6) is -2.01. The van der Waals surface area contributed by atoms with Gasteiger partial charge in [-0.05, 0) is 56.3 Å². The van der Waals surface area contributed by atoms with E-state index in [1.165, 1.54) is 6.20 Å². The maximum absolute atomic E-state index is 14.7. The molecule has 5 rings (SSSR count). The Kier molecular flexibility index (Phi) is 9.50. The van der Waals surface area contributed by atoms with Gasteiger partial charge >= 0.3 is 0 Å². The third-order valence-corrected chi connectivity index (χ3v) is 9.05. The smallest absolute Gasteiger partial charge is 0.202 e. The molecule has 4 N–H and O–H groups in total. The van der Waals surface area contributed by atoms with Gasteiger partial charge in [0, 0.05) is 31.8 Å². The van der Waals surface area contributed by atoms with Crippen LogP contribution in [-0.2, 0) is 4.74 Å². The number of hydrogen-bond donors (Lipinski definition) is 2. The van der Waals surface area contributed by atoms with E-state index in [9.17, 15) is 13.6 Å². The van der Waals surface area contributed by atoms with Crippen LogP contribution in [0.2, 0.25) is 0 Å². The van der Waals surface area contributed by atoms with Crippen LogP contribution in [-0.4, -0.2) is 75.2 Å². The first-order valence-corrected chi connectivity index (χ1v) is 15.4. The molecule has 12 heteroatoms. The fourth-order valence-electron chi connectivity index (χ4n) is 6.01. The van der Waals surface area contributed by atoms with Gasteiger partial charge in [0.2, 0.25) is 11.2 Å². The summed E-state index contributed by atoms with van der Waals surface area (Å²) in [4.78, 5) is 20.4. The molecule has 3 aromatic rings. The number of pyridine rings is 2. The number of halogens is 2. The van der Waals surface area contributed by atoms with Gasteiger partial charge in [0.1, 0.15) is 18.0 Å². The first-order chi connectivity index (χ1) is 21.2. The Morgan fingerprint density at radius 1 is 1.36 bits per heavy atom. The van der Waals surface area contributed by atoms with Crippen molar-refractivity contribution in [1.29, 1.82) is 0 Å². The summed E-state index contributed by atoms with van der Waals surface area (Å²) in [7, 11) is 5.69. The summed E-state index contributed by atoms with van der Waals surface area (Å²) >= 11 is 0. The molecule has 44 heavy (non-hydrogen) atoms. The van der Waals surface area contributed by atoms with Gasteiger partial charge < -0.3 is 30.4 Å². The number of methoxy groups -OCH3 is 1. The van der Waals surface area contributed by atoms with Crippen LogP contribution in [0.15, 0.2) is 59.3 Å². The monoisotopic (exact) mass is 620 g/mol. The van der Waals surface area contributed by atoms with E-state index < -0.39 is 17.1 Å². The zero-order chi connectivity index (χ0) is 31.5. The second kappa shape index (κ2) is 13.3. The molecule has 1 fully saturated rings. The molecule has 3 unspecified atom stereocenters. The van der Waals surface area contributed by atoms with Crippen molar-refractivity contribution in [3.63, 3.8) is 0 Å². The molecule has 2 aliphatic heterocycles. The molecule has 0 spiro atoms. The fraction of sp³-hybridized carbons (Fsp3) is 0.406. The Labute approximate surface area is 258 Å². The lowest BCUT2D eigenvalue weighted by Crippen LogP contribution is -2.54. The van der Waals surface area contributed by atoms with Crippen LogP contribution in [0, 0.1) is 11.6 Å². The Morgan fingerprint density at radius 3 is 2.84 bits per heavy atom. The molecule has 2 aliphatic rings. The van der Waals surface area contributed by atoms with Gasteiger partial charge in [-0.25, -0.2) is 13.9 Å². The molecule has 9 nitrogen and oxygen atoms in total. The third-order valence-electron chi connectivity index (χ3n) is 8.35. The number of ether oxygens (including phenoxy) is 2. The predicted molar refractivity (Wildman–Crippen MR) is 170 cm³/mol. The topological polar surface area (TPSA) is 112 Å². The van der Waals surface area contributed by atoms with E-state index in [1.54, 1.807) is 30.1 Å². The second-order valence-electron chi connectivity index (χ2n) is 11.3. The molecule has 4 atom stereocenters. The molecule has 0 aliphatic carbocycles. The van der Waals surface area contributed by atoms with Crippen molar-refractivity contribution in [2.24, 2.45) is 5.73 Å². The summed E-state index contributed by atoms with van der Waals surface area (Å²) in [5, 5.41) is 0.0651. The van der Waals surface area contributed by atoms with E-state index in [-0.39, 0.29) is 47.1 Å². The van der Waals surface area contributed by atoms with Crippen LogP contribution in [0.5, 0.6) is 5.75 Å². The van der Waals surface area contributed by atoms with E-state index in [4.69, 9.17) is 20.9 Å². The molecule has 4 heterocycles. The van der Waals surface area contributed by atoms with E-state index in [1.807, 2.05) is 38.3 Å². The van der Waals surface area contributed by atoms with Crippen LogP contribution in [0.4, 0.5) is 20.3 Å². The highest BCUT2D eigenvalue weighted by molar-refractivity contribution is 6.14. The van der Waals surface area contributed by atoms with Crippen molar-refractivity contribution in [1.82, 2.24) is 9.55 Å². The maximum atomic E-state index is 14.7. The minimum absolute atomic E-state index is 0.0651.